The Hall–Kier alpha value is -2.35. The summed E-state index contributed by atoms with van der Waals surface area (Å²) >= 11 is 1.56. The second kappa shape index (κ2) is 15.7. The minimum atomic E-state index is -1.01. The molecule has 2 aromatic carbocycles. The van der Waals surface area contributed by atoms with Crippen molar-refractivity contribution < 1.29 is 19.4 Å². The standard InChI is InChI=1S/C26H34N2O4S.C3H8/c1-18-7-4-5-9-21(18)23-15-19(16-28-13-6-8-20(28)17-32-2)10-11-22(23)25(29)27-24(26(30)31)12-14-33-3;1-3-2/h4-5,7,9-11,15,20,24H,6,8,12-14,16-17H2,1-3H3,(H,27,29)(H,30,31);3H2,1-2H3. The lowest BCUT2D eigenvalue weighted by Crippen LogP contribution is -2.41. The van der Waals surface area contributed by atoms with Crippen molar-refractivity contribution in [3.8, 4) is 11.1 Å². The lowest BCUT2D eigenvalue weighted by atomic mass is 9.93. The van der Waals surface area contributed by atoms with Crippen molar-refractivity contribution in [3.63, 3.8) is 0 Å². The van der Waals surface area contributed by atoms with E-state index in [9.17, 15) is 14.7 Å². The summed E-state index contributed by atoms with van der Waals surface area (Å²) in [5.41, 5.74) is 4.51. The molecule has 2 aromatic rings. The number of nitrogens with zero attached hydrogens (tertiary/aromatic N) is 1. The second-order valence-corrected chi connectivity index (χ2v) is 10.3. The van der Waals surface area contributed by atoms with Gasteiger partial charge in [0.2, 0.25) is 0 Å². The van der Waals surface area contributed by atoms with E-state index in [-0.39, 0.29) is 5.91 Å². The molecule has 0 bridgehead atoms. The summed E-state index contributed by atoms with van der Waals surface area (Å²) < 4.78 is 5.39. The molecule has 1 aliphatic rings. The molecular weight excluding hydrogens is 472 g/mol. The summed E-state index contributed by atoms with van der Waals surface area (Å²) in [6.07, 6.45) is 5.85. The van der Waals surface area contributed by atoms with Gasteiger partial charge in [0.15, 0.2) is 0 Å². The molecule has 1 saturated heterocycles. The zero-order valence-electron chi connectivity index (χ0n) is 22.4. The van der Waals surface area contributed by atoms with Crippen molar-refractivity contribution in [2.75, 3.05) is 32.3 Å². The number of benzene rings is 2. The fourth-order valence-electron chi connectivity index (χ4n) is 4.43. The van der Waals surface area contributed by atoms with Gasteiger partial charge < -0.3 is 15.2 Å². The summed E-state index contributed by atoms with van der Waals surface area (Å²) in [5.74, 6) is -0.698. The van der Waals surface area contributed by atoms with Crippen molar-refractivity contribution in [2.45, 2.75) is 65.1 Å². The molecular formula is C29H42N2O4S. The maximum absolute atomic E-state index is 13.2. The van der Waals surface area contributed by atoms with E-state index in [1.165, 1.54) is 6.42 Å². The van der Waals surface area contributed by atoms with Crippen LogP contribution in [0, 0.1) is 6.92 Å². The largest absolute Gasteiger partial charge is 0.480 e. The minimum absolute atomic E-state index is 0.355. The minimum Gasteiger partial charge on any atom is -0.480 e. The molecule has 2 N–H and O–H groups in total. The number of likely N-dealkylation sites (tertiary alicyclic amines) is 1. The number of carbonyl (C=O) groups excluding carboxylic acids is 1. The van der Waals surface area contributed by atoms with Gasteiger partial charge in [-0.2, -0.15) is 11.8 Å². The topological polar surface area (TPSA) is 78.9 Å². The quantitative estimate of drug-likeness (QED) is 0.405. The fourth-order valence-corrected chi connectivity index (χ4v) is 4.91. The lowest BCUT2D eigenvalue weighted by Gasteiger charge is -2.24. The van der Waals surface area contributed by atoms with Gasteiger partial charge in [-0.3, -0.25) is 9.69 Å². The Labute approximate surface area is 220 Å². The molecule has 7 heteroatoms. The molecule has 198 valence electrons. The summed E-state index contributed by atoms with van der Waals surface area (Å²) in [5, 5.41) is 12.3. The fraction of sp³-hybridized carbons (Fsp3) is 0.517. The molecule has 6 nitrogen and oxygen atoms in total. The van der Waals surface area contributed by atoms with E-state index in [1.807, 2.05) is 49.6 Å². The van der Waals surface area contributed by atoms with Gasteiger partial charge in [-0.25, -0.2) is 4.79 Å². The van der Waals surface area contributed by atoms with Crippen LogP contribution in [-0.4, -0.2) is 66.2 Å². The van der Waals surface area contributed by atoms with Gasteiger partial charge in [0.25, 0.3) is 5.91 Å². The van der Waals surface area contributed by atoms with Gasteiger partial charge in [-0.15, -0.1) is 0 Å². The normalized spacial score (nSPS) is 16.2. The SMILES string of the molecule is CCC.COCC1CCCN1Cc1ccc(C(=O)NC(CCSC)C(=O)O)c(-c2ccccc2C)c1. The summed E-state index contributed by atoms with van der Waals surface area (Å²) in [7, 11) is 1.74. The van der Waals surface area contributed by atoms with Crippen molar-refractivity contribution in [3.05, 3.63) is 59.2 Å². The summed E-state index contributed by atoms with van der Waals surface area (Å²) in [6.45, 7) is 8.82. The Kier molecular flexibility index (Phi) is 13.0. The van der Waals surface area contributed by atoms with Crippen LogP contribution in [0.15, 0.2) is 42.5 Å². The average Bonchev–Trinajstić information content (AvgIpc) is 3.29. The maximum atomic E-state index is 13.2. The summed E-state index contributed by atoms with van der Waals surface area (Å²) in [6, 6.07) is 13.4. The number of carbonyl (C=O) groups is 2. The number of carboxylic acids is 1. The van der Waals surface area contributed by atoms with Crippen LogP contribution in [0.2, 0.25) is 0 Å². The molecule has 36 heavy (non-hydrogen) atoms. The molecule has 1 fully saturated rings. The molecule has 0 aliphatic carbocycles. The Morgan fingerprint density at radius 1 is 1.19 bits per heavy atom. The van der Waals surface area contributed by atoms with Gasteiger partial charge in [-0.1, -0.05) is 50.6 Å². The van der Waals surface area contributed by atoms with Crippen LogP contribution in [0.1, 0.15) is 61.0 Å². The first kappa shape index (κ1) is 29.9. The van der Waals surface area contributed by atoms with Crippen LogP contribution < -0.4 is 5.32 Å². The Bertz CT molecular complexity index is 981. The average molecular weight is 515 g/mol. The van der Waals surface area contributed by atoms with E-state index in [0.29, 0.717) is 23.8 Å². The molecule has 3 rings (SSSR count). The van der Waals surface area contributed by atoms with Crippen molar-refractivity contribution in [2.24, 2.45) is 0 Å². The molecule has 1 aliphatic heterocycles. The van der Waals surface area contributed by atoms with E-state index in [2.05, 4.69) is 30.1 Å². The first-order valence-electron chi connectivity index (χ1n) is 12.8. The molecule has 0 aromatic heterocycles. The molecule has 1 amide bonds. The van der Waals surface area contributed by atoms with Crippen molar-refractivity contribution in [1.82, 2.24) is 10.2 Å². The first-order valence-corrected chi connectivity index (χ1v) is 14.2. The van der Waals surface area contributed by atoms with Crippen LogP contribution in [-0.2, 0) is 16.1 Å². The number of nitrogens with one attached hydrogen (secondary N) is 1. The van der Waals surface area contributed by atoms with E-state index < -0.39 is 12.0 Å². The Balaban J connectivity index is 0.00000145. The van der Waals surface area contributed by atoms with Gasteiger partial charge in [-0.05, 0) is 79.1 Å². The summed E-state index contributed by atoms with van der Waals surface area (Å²) in [4.78, 5) is 27.3. The van der Waals surface area contributed by atoms with Crippen LogP contribution in [0.5, 0.6) is 0 Å². The van der Waals surface area contributed by atoms with E-state index in [0.717, 1.165) is 54.8 Å². The number of ether oxygens (including phenoxy) is 1. The van der Waals surface area contributed by atoms with Crippen LogP contribution in [0.3, 0.4) is 0 Å². The van der Waals surface area contributed by atoms with Crippen LogP contribution in [0.25, 0.3) is 11.1 Å². The monoisotopic (exact) mass is 514 g/mol. The van der Waals surface area contributed by atoms with Crippen molar-refractivity contribution in [1.29, 1.82) is 0 Å². The Morgan fingerprint density at radius 2 is 1.92 bits per heavy atom. The number of thioether (sulfide) groups is 1. The predicted octanol–water partition coefficient (Wildman–Crippen LogP) is 5.63. The third-order valence-corrected chi connectivity index (χ3v) is 6.87. The second-order valence-electron chi connectivity index (χ2n) is 9.27. The zero-order valence-corrected chi connectivity index (χ0v) is 23.2. The Morgan fingerprint density at radius 3 is 2.56 bits per heavy atom. The third kappa shape index (κ3) is 8.64. The number of aliphatic carboxylic acids is 1. The highest BCUT2D eigenvalue weighted by atomic mass is 32.2. The number of methoxy groups -OCH3 is 1. The van der Waals surface area contributed by atoms with Crippen LogP contribution in [0.4, 0.5) is 0 Å². The van der Waals surface area contributed by atoms with Crippen molar-refractivity contribution >= 4 is 23.6 Å². The third-order valence-electron chi connectivity index (χ3n) is 6.22. The number of hydrogen-bond donors (Lipinski definition) is 2. The van der Waals surface area contributed by atoms with Gasteiger partial charge in [0.05, 0.1) is 6.61 Å². The van der Waals surface area contributed by atoms with Crippen LogP contribution >= 0.6 is 11.8 Å². The predicted molar refractivity (Wildman–Crippen MR) is 150 cm³/mol. The molecule has 1 heterocycles. The molecule has 2 unspecified atom stereocenters. The smallest absolute Gasteiger partial charge is 0.326 e. The first-order chi connectivity index (χ1) is 17.4. The highest BCUT2D eigenvalue weighted by Crippen LogP contribution is 2.30. The van der Waals surface area contributed by atoms with E-state index in [1.54, 1.807) is 18.9 Å². The zero-order chi connectivity index (χ0) is 26.5. The van der Waals surface area contributed by atoms with Gasteiger partial charge in [0.1, 0.15) is 6.04 Å². The molecule has 0 radical (unpaired) electrons. The lowest BCUT2D eigenvalue weighted by molar-refractivity contribution is -0.139. The number of aryl methyl sites for hydroxylation is 1. The van der Waals surface area contributed by atoms with E-state index >= 15 is 0 Å². The maximum Gasteiger partial charge on any atom is 0.326 e. The van der Waals surface area contributed by atoms with Gasteiger partial charge in [0, 0.05) is 25.3 Å². The molecule has 0 spiro atoms. The van der Waals surface area contributed by atoms with E-state index in [4.69, 9.17) is 4.74 Å². The molecule has 2 atom stereocenters. The number of hydrogen-bond acceptors (Lipinski definition) is 5. The highest BCUT2D eigenvalue weighted by Gasteiger charge is 2.26. The molecule has 0 saturated carbocycles. The number of amides is 1. The number of rotatable bonds is 11. The number of carboxylic acid groups (broad SMARTS) is 1. The highest BCUT2D eigenvalue weighted by molar-refractivity contribution is 7.98. The van der Waals surface area contributed by atoms with Gasteiger partial charge >= 0.3 is 5.97 Å².